The molecular weight excluding hydrogens is 376 g/mol. The lowest BCUT2D eigenvalue weighted by Gasteiger charge is -2.11. The molecule has 1 heterocycles. The van der Waals surface area contributed by atoms with E-state index in [-0.39, 0.29) is 16.5 Å². The van der Waals surface area contributed by atoms with Crippen molar-refractivity contribution >= 4 is 21.6 Å². The Labute approximate surface area is 163 Å². The first-order valence-corrected chi connectivity index (χ1v) is 10.1. The van der Waals surface area contributed by atoms with E-state index >= 15 is 0 Å². The van der Waals surface area contributed by atoms with Gasteiger partial charge in [0.15, 0.2) is 5.82 Å². The van der Waals surface area contributed by atoms with Crippen LogP contribution in [-0.4, -0.2) is 30.3 Å². The lowest BCUT2D eigenvalue weighted by molar-refractivity contribution is 0.102. The summed E-state index contributed by atoms with van der Waals surface area (Å²) in [6, 6.07) is 15.1. The van der Waals surface area contributed by atoms with Crippen LogP contribution in [0.2, 0.25) is 0 Å². The highest BCUT2D eigenvalue weighted by Gasteiger charge is 2.17. The van der Waals surface area contributed by atoms with E-state index in [4.69, 9.17) is 0 Å². The number of nitrogens with one attached hydrogen (secondary N) is 2. The summed E-state index contributed by atoms with van der Waals surface area (Å²) in [6.07, 6.45) is 3.02. The van der Waals surface area contributed by atoms with Crippen LogP contribution in [0.4, 0.5) is 5.69 Å². The molecule has 0 atom stereocenters. The van der Waals surface area contributed by atoms with Crippen LogP contribution in [0, 0.1) is 0 Å². The van der Waals surface area contributed by atoms with Gasteiger partial charge in [-0.1, -0.05) is 36.4 Å². The van der Waals surface area contributed by atoms with Crippen molar-refractivity contribution in [1.29, 1.82) is 0 Å². The zero-order valence-electron chi connectivity index (χ0n) is 15.5. The number of sulfonamides is 1. The van der Waals surface area contributed by atoms with Gasteiger partial charge < -0.3 is 5.32 Å². The van der Waals surface area contributed by atoms with E-state index < -0.39 is 15.9 Å². The predicted octanol–water partition coefficient (Wildman–Crippen LogP) is 3.08. The lowest BCUT2D eigenvalue weighted by atomic mass is 10.2. The monoisotopic (exact) mass is 396 g/mol. The predicted molar refractivity (Wildman–Crippen MR) is 107 cm³/mol. The average molecular weight is 396 g/mol. The van der Waals surface area contributed by atoms with Gasteiger partial charge in [0, 0.05) is 17.2 Å². The number of carbonyl (C=O) groups excluding carboxylic acids is 1. The molecule has 1 aromatic heterocycles. The van der Waals surface area contributed by atoms with E-state index in [9.17, 15) is 13.2 Å². The largest absolute Gasteiger partial charge is 0.319 e. The molecule has 0 radical (unpaired) electrons. The third-order valence-electron chi connectivity index (χ3n) is 3.74. The van der Waals surface area contributed by atoms with Crippen LogP contribution in [0.25, 0.3) is 11.4 Å². The topological polar surface area (TPSA) is 101 Å². The average Bonchev–Trinajstić information content (AvgIpc) is 2.68. The van der Waals surface area contributed by atoms with Crippen LogP contribution in [0.1, 0.15) is 24.2 Å². The van der Waals surface area contributed by atoms with Gasteiger partial charge in [-0.25, -0.2) is 23.1 Å². The van der Waals surface area contributed by atoms with Crippen LogP contribution in [-0.2, 0) is 10.0 Å². The van der Waals surface area contributed by atoms with Gasteiger partial charge in [0.1, 0.15) is 0 Å². The number of amides is 1. The van der Waals surface area contributed by atoms with Crippen molar-refractivity contribution in [3.63, 3.8) is 0 Å². The molecule has 2 N–H and O–H groups in total. The van der Waals surface area contributed by atoms with Crippen LogP contribution in [0.5, 0.6) is 0 Å². The van der Waals surface area contributed by atoms with Crippen LogP contribution in [0.15, 0.2) is 71.9 Å². The van der Waals surface area contributed by atoms with Crippen molar-refractivity contribution in [1.82, 2.24) is 14.7 Å². The summed E-state index contributed by atoms with van der Waals surface area (Å²) in [5.41, 5.74) is 1.51. The van der Waals surface area contributed by atoms with Gasteiger partial charge in [-0.3, -0.25) is 4.79 Å². The Balaban J connectivity index is 1.76. The Hall–Kier alpha value is -3.10. The molecule has 0 aliphatic carbocycles. The molecule has 1 amide bonds. The van der Waals surface area contributed by atoms with Gasteiger partial charge in [0.2, 0.25) is 10.0 Å². The molecule has 28 heavy (non-hydrogen) atoms. The molecule has 7 nitrogen and oxygen atoms in total. The summed E-state index contributed by atoms with van der Waals surface area (Å²) >= 11 is 0. The molecule has 144 valence electrons. The van der Waals surface area contributed by atoms with Crippen LogP contribution >= 0.6 is 0 Å². The van der Waals surface area contributed by atoms with E-state index in [1.165, 1.54) is 30.6 Å². The van der Waals surface area contributed by atoms with Gasteiger partial charge >= 0.3 is 0 Å². The quantitative estimate of drug-likeness (QED) is 0.667. The number of aromatic nitrogens is 2. The first kappa shape index (κ1) is 19.7. The number of hydrogen-bond donors (Lipinski definition) is 2. The van der Waals surface area contributed by atoms with Gasteiger partial charge in [-0.05, 0) is 32.0 Å². The molecule has 8 heteroatoms. The minimum Gasteiger partial charge on any atom is -0.319 e. The van der Waals surface area contributed by atoms with Crippen LogP contribution < -0.4 is 10.0 Å². The van der Waals surface area contributed by atoms with Crippen molar-refractivity contribution in [2.75, 3.05) is 5.32 Å². The minimum absolute atomic E-state index is 0.0320. The molecule has 0 fully saturated rings. The summed E-state index contributed by atoms with van der Waals surface area (Å²) in [6.45, 7) is 3.46. The zero-order chi connectivity index (χ0) is 20.1. The molecule has 3 rings (SSSR count). The second-order valence-electron chi connectivity index (χ2n) is 6.42. The number of anilines is 1. The summed E-state index contributed by atoms with van der Waals surface area (Å²) < 4.78 is 27.1. The van der Waals surface area contributed by atoms with Gasteiger partial charge in [-0.15, -0.1) is 0 Å². The molecule has 0 aliphatic heterocycles. The van der Waals surface area contributed by atoms with E-state index in [2.05, 4.69) is 20.0 Å². The number of hydrogen-bond acceptors (Lipinski definition) is 5. The summed E-state index contributed by atoms with van der Waals surface area (Å²) in [5, 5.41) is 2.68. The molecule has 0 bridgehead atoms. The molecule has 2 aromatic carbocycles. The minimum atomic E-state index is -3.68. The highest BCUT2D eigenvalue weighted by Crippen LogP contribution is 2.16. The lowest BCUT2D eigenvalue weighted by Crippen LogP contribution is -2.30. The fourth-order valence-electron chi connectivity index (χ4n) is 2.51. The Morgan fingerprint density at radius 3 is 2.29 bits per heavy atom. The molecule has 0 saturated heterocycles. The normalized spacial score (nSPS) is 11.4. The molecule has 0 spiro atoms. The fraction of sp³-hybridized carbons (Fsp3) is 0.150. The van der Waals surface area contributed by atoms with E-state index in [1.54, 1.807) is 19.9 Å². The highest BCUT2D eigenvalue weighted by molar-refractivity contribution is 7.89. The number of carbonyl (C=O) groups is 1. The van der Waals surface area contributed by atoms with E-state index in [0.717, 1.165) is 5.56 Å². The first-order chi connectivity index (χ1) is 13.3. The maximum Gasteiger partial charge on any atom is 0.255 e. The fourth-order valence-corrected chi connectivity index (χ4v) is 3.81. The van der Waals surface area contributed by atoms with Crippen LogP contribution in [0.3, 0.4) is 0 Å². The summed E-state index contributed by atoms with van der Waals surface area (Å²) in [7, 11) is -3.68. The maximum absolute atomic E-state index is 12.5. The summed E-state index contributed by atoms with van der Waals surface area (Å²) in [4.78, 5) is 21.0. The van der Waals surface area contributed by atoms with Gasteiger partial charge in [0.05, 0.1) is 23.0 Å². The Morgan fingerprint density at radius 2 is 1.64 bits per heavy atom. The highest BCUT2D eigenvalue weighted by atomic mass is 32.2. The SMILES string of the molecule is CC(C)NS(=O)(=O)c1cccc(C(=O)Nc2cnc(-c3ccccc3)nc2)c1. The number of nitrogens with zero attached hydrogens (tertiary/aromatic N) is 2. The third-order valence-corrected chi connectivity index (χ3v) is 5.40. The Morgan fingerprint density at radius 1 is 0.964 bits per heavy atom. The smallest absolute Gasteiger partial charge is 0.255 e. The molecule has 3 aromatic rings. The van der Waals surface area contributed by atoms with Gasteiger partial charge in [-0.2, -0.15) is 0 Å². The number of rotatable bonds is 6. The number of benzene rings is 2. The van der Waals surface area contributed by atoms with Crippen molar-refractivity contribution in [3.8, 4) is 11.4 Å². The van der Waals surface area contributed by atoms with Crippen molar-refractivity contribution in [2.24, 2.45) is 0 Å². The Kier molecular flexibility index (Phi) is 5.81. The zero-order valence-corrected chi connectivity index (χ0v) is 16.3. The van der Waals surface area contributed by atoms with E-state index in [0.29, 0.717) is 11.5 Å². The second kappa shape index (κ2) is 8.28. The third kappa shape index (κ3) is 4.79. The van der Waals surface area contributed by atoms with Crippen molar-refractivity contribution in [3.05, 3.63) is 72.6 Å². The second-order valence-corrected chi connectivity index (χ2v) is 8.13. The molecule has 0 unspecified atom stereocenters. The maximum atomic E-state index is 12.5. The molecule has 0 aliphatic rings. The van der Waals surface area contributed by atoms with Crippen molar-refractivity contribution < 1.29 is 13.2 Å². The van der Waals surface area contributed by atoms with Gasteiger partial charge in [0.25, 0.3) is 5.91 Å². The Bertz CT molecular complexity index is 1070. The summed E-state index contributed by atoms with van der Waals surface area (Å²) in [5.74, 6) is 0.101. The standard InChI is InChI=1S/C20H20N4O3S/c1-14(2)24-28(26,27)18-10-6-9-16(11-18)20(25)23-17-12-21-19(22-13-17)15-7-4-3-5-8-15/h3-14,24H,1-2H3,(H,23,25). The first-order valence-electron chi connectivity index (χ1n) is 8.66. The molecule has 0 saturated carbocycles. The van der Waals surface area contributed by atoms with Crippen molar-refractivity contribution in [2.45, 2.75) is 24.8 Å². The van der Waals surface area contributed by atoms with E-state index in [1.807, 2.05) is 30.3 Å². The molecular formula is C20H20N4O3S.